The lowest BCUT2D eigenvalue weighted by atomic mass is 10.1. The number of aryl methyl sites for hydroxylation is 1. The number of aromatic nitrogens is 2. The van der Waals surface area contributed by atoms with Crippen molar-refractivity contribution in [2.24, 2.45) is 12.8 Å². The molecule has 1 unspecified atom stereocenters. The van der Waals surface area contributed by atoms with Crippen LogP contribution in [0, 0.1) is 0 Å². The van der Waals surface area contributed by atoms with E-state index < -0.39 is 0 Å². The summed E-state index contributed by atoms with van der Waals surface area (Å²) < 4.78 is 6.99. The van der Waals surface area contributed by atoms with Gasteiger partial charge in [0, 0.05) is 29.9 Å². The van der Waals surface area contributed by atoms with Crippen LogP contribution in [0.25, 0.3) is 0 Å². The highest BCUT2D eigenvalue weighted by molar-refractivity contribution is 7.99. The Morgan fingerprint density at radius 3 is 3.00 bits per heavy atom. The SMILES string of the molecule is COc1cccc(C(N)CSc2cnn(C)c2)c1. The number of hydrogen-bond donors (Lipinski definition) is 1. The van der Waals surface area contributed by atoms with Gasteiger partial charge in [0.2, 0.25) is 0 Å². The van der Waals surface area contributed by atoms with Crippen LogP contribution in [0.2, 0.25) is 0 Å². The van der Waals surface area contributed by atoms with E-state index in [1.807, 2.05) is 43.7 Å². The highest BCUT2D eigenvalue weighted by atomic mass is 32.2. The molecular weight excluding hydrogens is 246 g/mol. The van der Waals surface area contributed by atoms with E-state index in [0.717, 1.165) is 22.0 Å². The summed E-state index contributed by atoms with van der Waals surface area (Å²) in [4.78, 5) is 1.14. The van der Waals surface area contributed by atoms with Gasteiger partial charge in [-0.05, 0) is 17.7 Å². The van der Waals surface area contributed by atoms with Gasteiger partial charge in [-0.25, -0.2) is 0 Å². The lowest BCUT2D eigenvalue weighted by Gasteiger charge is -2.12. The molecule has 2 N–H and O–H groups in total. The lowest BCUT2D eigenvalue weighted by molar-refractivity contribution is 0.414. The molecule has 0 bridgehead atoms. The number of ether oxygens (including phenoxy) is 1. The lowest BCUT2D eigenvalue weighted by Crippen LogP contribution is -2.12. The van der Waals surface area contributed by atoms with E-state index in [1.165, 1.54) is 0 Å². The molecule has 0 amide bonds. The molecule has 1 heterocycles. The number of nitrogens with two attached hydrogens (primary N) is 1. The maximum atomic E-state index is 6.17. The molecule has 1 aromatic carbocycles. The van der Waals surface area contributed by atoms with E-state index in [4.69, 9.17) is 10.5 Å². The first-order chi connectivity index (χ1) is 8.69. The molecule has 1 aromatic heterocycles. The fourth-order valence-electron chi connectivity index (χ4n) is 1.63. The molecule has 0 fully saturated rings. The van der Waals surface area contributed by atoms with Gasteiger partial charge in [0.05, 0.1) is 13.3 Å². The summed E-state index contributed by atoms with van der Waals surface area (Å²) in [6, 6.07) is 7.88. The number of benzene rings is 1. The van der Waals surface area contributed by atoms with Crippen molar-refractivity contribution in [2.45, 2.75) is 10.9 Å². The first-order valence-electron chi connectivity index (χ1n) is 5.70. The van der Waals surface area contributed by atoms with Crippen molar-refractivity contribution < 1.29 is 4.74 Å². The highest BCUT2D eigenvalue weighted by Gasteiger charge is 2.08. The summed E-state index contributed by atoms with van der Waals surface area (Å²) in [5.41, 5.74) is 7.26. The van der Waals surface area contributed by atoms with E-state index >= 15 is 0 Å². The van der Waals surface area contributed by atoms with Gasteiger partial charge in [0.1, 0.15) is 5.75 Å². The van der Waals surface area contributed by atoms with E-state index in [9.17, 15) is 0 Å². The van der Waals surface area contributed by atoms with Gasteiger partial charge in [-0.3, -0.25) is 4.68 Å². The molecule has 2 rings (SSSR count). The Kier molecular flexibility index (Phi) is 4.28. The van der Waals surface area contributed by atoms with Crippen LogP contribution in [0.4, 0.5) is 0 Å². The Labute approximate surface area is 111 Å². The van der Waals surface area contributed by atoms with Crippen LogP contribution in [0.3, 0.4) is 0 Å². The van der Waals surface area contributed by atoms with Crippen LogP contribution in [0.5, 0.6) is 5.75 Å². The van der Waals surface area contributed by atoms with Gasteiger partial charge in [-0.2, -0.15) is 5.10 Å². The third-order valence-electron chi connectivity index (χ3n) is 2.63. The third-order valence-corrected chi connectivity index (χ3v) is 3.70. The fraction of sp³-hybridized carbons (Fsp3) is 0.308. The van der Waals surface area contributed by atoms with E-state index in [2.05, 4.69) is 5.10 Å². The van der Waals surface area contributed by atoms with Crippen molar-refractivity contribution in [1.29, 1.82) is 0 Å². The fourth-order valence-corrected chi connectivity index (χ4v) is 2.54. The molecule has 4 nitrogen and oxygen atoms in total. The standard InChI is InChI=1S/C13H17N3OS/c1-16-8-12(7-15-16)18-9-13(14)10-4-3-5-11(6-10)17-2/h3-8,13H,9,14H2,1-2H3. The van der Waals surface area contributed by atoms with Gasteiger partial charge in [0.25, 0.3) is 0 Å². The Hall–Kier alpha value is -1.46. The van der Waals surface area contributed by atoms with Crippen molar-refractivity contribution in [3.8, 4) is 5.75 Å². The van der Waals surface area contributed by atoms with Crippen LogP contribution in [-0.2, 0) is 7.05 Å². The first kappa shape index (κ1) is 13.0. The summed E-state index contributed by atoms with van der Waals surface area (Å²) in [5, 5.41) is 4.13. The molecule has 0 aliphatic rings. The topological polar surface area (TPSA) is 53.1 Å². The maximum Gasteiger partial charge on any atom is 0.119 e. The Morgan fingerprint density at radius 1 is 1.50 bits per heavy atom. The van der Waals surface area contributed by atoms with E-state index in [0.29, 0.717) is 0 Å². The van der Waals surface area contributed by atoms with Gasteiger partial charge in [-0.15, -0.1) is 11.8 Å². The minimum atomic E-state index is -0.00898. The number of thioether (sulfide) groups is 1. The van der Waals surface area contributed by atoms with Gasteiger partial charge >= 0.3 is 0 Å². The molecule has 0 saturated heterocycles. The third kappa shape index (κ3) is 3.27. The number of nitrogens with zero attached hydrogens (tertiary/aromatic N) is 2. The second kappa shape index (κ2) is 5.93. The monoisotopic (exact) mass is 263 g/mol. The van der Waals surface area contributed by atoms with Gasteiger partial charge < -0.3 is 10.5 Å². The molecular formula is C13H17N3OS. The molecule has 0 spiro atoms. The number of methoxy groups -OCH3 is 1. The smallest absolute Gasteiger partial charge is 0.119 e. The molecule has 2 aromatic rings. The van der Waals surface area contributed by atoms with E-state index in [1.54, 1.807) is 23.6 Å². The minimum absolute atomic E-state index is 0.00898. The second-order valence-electron chi connectivity index (χ2n) is 4.04. The van der Waals surface area contributed by atoms with Gasteiger partial charge in [0.15, 0.2) is 0 Å². The molecule has 0 saturated carbocycles. The van der Waals surface area contributed by atoms with Gasteiger partial charge in [-0.1, -0.05) is 12.1 Å². The zero-order chi connectivity index (χ0) is 13.0. The summed E-state index contributed by atoms with van der Waals surface area (Å²) in [6.07, 6.45) is 3.84. The summed E-state index contributed by atoms with van der Waals surface area (Å²) in [5.74, 6) is 1.66. The summed E-state index contributed by atoms with van der Waals surface area (Å²) >= 11 is 1.71. The number of hydrogen-bond acceptors (Lipinski definition) is 4. The summed E-state index contributed by atoms with van der Waals surface area (Å²) in [7, 11) is 3.57. The average molecular weight is 263 g/mol. The van der Waals surface area contributed by atoms with Crippen LogP contribution in [0.15, 0.2) is 41.6 Å². The van der Waals surface area contributed by atoms with Crippen LogP contribution < -0.4 is 10.5 Å². The number of rotatable bonds is 5. The molecule has 1 atom stereocenters. The molecule has 5 heteroatoms. The molecule has 0 radical (unpaired) electrons. The van der Waals surface area contributed by atoms with E-state index in [-0.39, 0.29) is 6.04 Å². The Bertz CT molecular complexity index is 512. The second-order valence-corrected chi connectivity index (χ2v) is 5.14. The van der Waals surface area contributed by atoms with Crippen LogP contribution >= 0.6 is 11.8 Å². The zero-order valence-electron chi connectivity index (χ0n) is 10.5. The first-order valence-corrected chi connectivity index (χ1v) is 6.68. The minimum Gasteiger partial charge on any atom is -0.497 e. The Morgan fingerprint density at radius 2 is 2.33 bits per heavy atom. The van der Waals surface area contributed by atoms with Crippen molar-refractivity contribution >= 4 is 11.8 Å². The van der Waals surface area contributed by atoms with Crippen molar-refractivity contribution in [3.63, 3.8) is 0 Å². The van der Waals surface area contributed by atoms with Crippen molar-refractivity contribution in [3.05, 3.63) is 42.2 Å². The summed E-state index contributed by atoms with van der Waals surface area (Å²) in [6.45, 7) is 0. The largest absolute Gasteiger partial charge is 0.497 e. The molecule has 18 heavy (non-hydrogen) atoms. The van der Waals surface area contributed by atoms with Crippen molar-refractivity contribution in [2.75, 3.05) is 12.9 Å². The highest BCUT2D eigenvalue weighted by Crippen LogP contribution is 2.24. The average Bonchev–Trinajstić information content (AvgIpc) is 2.82. The molecule has 0 aliphatic carbocycles. The predicted octanol–water partition coefficient (Wildman–Crippen LogP) is 2.22. The van der Waals surface area contributed by atoms with Crippen molar-refractivity contribution in [1.82, 2.24) is 9.78 Å². The maximum absolute atomic E-state index is 6.17. The quantitative estimate of drug-likeness (QED) is 0.840. The normalized spacial score (nSPS) is 12.4. The van der Waals surface area contributed by atoms with Crippen LogP contribution in [0.1, 0.15) is 11.6 Å². The molecule has 0 aliphatic heterocycles. The van der Waals surface area contributed by atoms with Crippen LogP contribution in [-0.4, -0.2) is 22.6 Å². The zero-order valence-corrected chi connectivity index (χ0v) is 11.4. The Balaban J connectivity index is 1.96. The molecule has 96 valence electrons. The predicted molar refractivity (Wildman–Crippen MR) is 73.9 cm³/mol.